The van der Waals surface area contributed by atoms with Gasteiger partial charge in [0, 0.05) is 11.1 Å². The van der Waals surface area contributed by atoms with Gasteiger partial charge in [-0.05, 0) is 30.4 Å². The molecule has 0 aliphatic rings. The maximum atomic E-state index is 13.6. The fraction of sp³-hybridized carbons (Fsp3) is 0.0625. The first-order valence-corrected chi connectivity index (χ1v) is 7.26. The van der Waals surface area contributed by atoms with E-state index in [4.69, 9.17) is 17.0 Å². The average Bonchev–Trinajstić information content (AvgIpc) is 2.98. The van der Waals surface area contributed by atoms with Crippen LogP contribution in [-0.4, -0.2) is 21.1 Å². The zero-order chi connectivity index (χ0) is 16.1. The van der Waals surface area contributed by atoms with E-state index in [0.29, 0.717) is 16.1 Å². The minimum Gasteiger partial charge on any atom is -0.488 e. The number of para-hydroxylation sites is 1. The van der Waals surface area contributed by atoms with Crippen molar-refractivity contribution in [3.8, 4) is 5.75 Å². The summed E-state index contributed by atoms with van der Waals surface area (Å²) < 4.78 is 21.2. The van der Waals surface area contributed by atoms with Crippen molar-refractivity contribution >= 4 is 18.4 Å². The van der Waals surface area contributed by atoms with Crippen LogP contribution in [0, 0.1) is 10.6 Å². The van der Waals surface area contributed by atoms with Crippen LogP contribution in [0.4, 0.5) is 4.39 Å². The van der Waals surface area contributed by atoms with Crippen molar-refractivity contribution in [1.29, 1.82) is 0 Å². The number of halogens is 1. The van der Waals surface area contributed by atoms with Gasteiger partial charge in [-0.15, -0.1) is 0 Å². The van der Waals surface area contributed by atoms with E-state index in [9.17, 15) is 4.39 Å². The number of rotatable bonds is 5. The van der Waals surface area contributed by atoms with Gasteiger partial charge in [0.15, 0.2) is 0 Å². The lowest BCUT2D eigenvalue weighted by molar-refractivity contribution is 0.299. The molecule has 3 rings (SSSR count). The molecule has 1 N–H and O–H groups in total. The lowest BCUT2D eigenvalue weighted by Gasteiger charge is -2.09. The molecule has 3 aromatic rings. The van der Waals surface area contributed by atoms with Gasteiger partial charge < -0.3 is 4.74 Å². The Morgan fingerprint density at radius 1 is 1.22 bits per heavy atom. The van der Waals surface area contributed by atoms with Crippen molar-refractivity contribution in [3.05, 3.63) is 76.6 Å². The third-order valence-electron chi connectivity index (χ3n) is 3.12. The third-order valence-corrected chi connectivity index (χ3v) is 3.39. The highest BCUT2D eigenvalue weighted by Crippen LogP contribution is 2.18. The molecule has 0 radical (unpaired) electrons. The molecule has 0 fully saturated rings. The highest BCUT2D eigenvalue weighted by molar-refractivity contribution is 7.71. The summed E-state index contributed by atoms with van der Waals surface area (Å²) in [5.74, 6) is 0.317. The van der Waals surface area contributed by atoms with Crippen LogP contribution in [0.15, 0.2) is 60.0 Å². The number of nitrogens with zero attached hydrogens (tertiary/aromatic N) is 3. The summed E-state index contributed by atoms with van der Waals surface area (Å²) in [5, 5.41) is 10.6. The van der Waals surface area contributed by atoms with Gasteiger partial charge in [-0.3, -0.25) is 5.10 Å². The predicted molar refractivity (Wildman–Crippen MR) is 87.6 cm³/mol. The summed E-state index contributed by atoms with van der Waals surface area (Å²) in [5.41, 5.74) is 1.25. The molecule has 0 bridgehead atoms. The summed E-state index contributed by atoms with van der Waals surface area (Å²) in [6, 6.07) is 13.9. The molecule has 23 heavy (non-hydrogen) atoms. The van der Waals surface area contributed by atoms with Gasteiger partial charge in [0.1, 0.15) is 24.5 Å². The van der Waals surface area contributed by atoms with Gasteiger partial charge in [-0.25, -0.2) is 4.39 Å². The maximum Gasteiger partial charge on any atom is 0.216 e. The zero-order valence-corrected chi connectivity index (χ0v) is 12.8. The standard InChI is InChI=1S/C16H13FN4OS/c17-14-7-3-1-6-13(14)10-22-15-8-4-2-5-12(15)9-19-21-11-18-20-16(21)23/h1-9,11H,10H2,(H,20,23)/b19-9-. The van der Waals surface area contributed by atoms with Crippen LogP contribution in [0.1, 0.15) is 11.1 Å². The number of aromatic amines is 1. The molecule has 0 unspecified atom stereocenters. The number of H-pyrrole nitrogens is 1. The molecule has 1 aromatic heterocycles. The van der Waals surface area contributed by atoms with Crippen molar-refractivity contribution in [2.24, 2.45) is 5.10 Å². The van der Waals surface area contributed by atoms with Gasteiger partial charge in [0.05, 0.1) is 6.21 Å². The molecular formula is C16H13FN4OS. The first kappa shape index (κ1) is 15.1. The summed E-state index contributed by atoms with van der Waals surface area (Å²) >= 11 is 5.02. The Labute approximate surface area is 137 Å². The predicted octanol–water partition coefficient (Wildman–Crippen LogP) is 3.54. The second-order valence-electron chi connectivity index (χ2n) is 4.67. The van der Waals surface area contributed by atoms with Gasteiger partial charge in [0.25, 0.3) is 0 Å². The molecule has 0 spiro atoms. The molecule has 2 aromatic carbocycles. The van der Waals surface area contributed by atoms with Crippen LogP contribution in [0.2, 0.25) is 0 Å². The quantitative estimate of drug-likeness (QED) is 0.576. The van der Waals surface area contributed by atoms with E-state index in [1.807, 2.05) is 18.2 Å². The van der Waals surface area contributed by atoms with Crippen molar-refractivity contribution in [2.75, 3.05) is 0 Å². The van der Waals surface area contributed by atoms with Crippen LogP contribution in [0.3, 0.4) is 0 Å². The van der Waals surface area contributed by atoms with E-state index in [1.54, 1.807) is 30.5 Å². The van der Waals surface area contributed by atoms with Gasteiger partial charge in [-0.1, -0.05) is 30.3 Å². The van der Waals surface area contributed by atoms with Gasteiger partial charge in [-0.2, -0.15) is 14.9 Å². The molecule has 0 aliphatic carbocycles. The Morgan fingerprint density at radius 3 is 2.78 bits per heavy atom. The fourth-order valence-electron chi connectivity index (χ4n) is 1.94. The van der Waals surface area contributed by atoms with Crippen molar-refractivity contribution in [2.45, 2.75) is 6.61 Å². The number of nitrogens with one attached hydrogen (secondary N) is 1. The number of ether oxygens (including phenoxy) is 1. The van der Waals surface area contributed by atoms with Crippen LogP contribution >= 0.6 is 12.2 Å². The lowest BCUT2D eigenvalue weighted by atomic mass is 10.2. The molecule has 0 amide bonds. The highest BCUT2D eigenvalue weighted by Gasteiger charge is 2.04. The Hall–Kier alpha value is -2.80. The number of aromatic nitrogens is 3. The van der Waals surface area contributed by atoms with Crippen molar-refractivity contribution < 1.29 is 9.13 Å². The topological polar surface area (TPSA) is 55.2 Å². The van der Waals surface area contributed by atoms with Crippen molar-refractivity contribution in [3.63, 3.8) is 0 Å². The number of hydrogen-bond acceptors (Lipinski definition) is 4. The molecule has 0 aliphatic heterocycles. The van der Waals surface area contributed by atoms with Gasteiger partial charge >= 0.3 is 0 Å². The molecule has 7 heteroatoms. The van der Waals surface area contributed by atoms with Crippen LogP contribution < -0.4 is 4.74 Å². The molecule has 0 atom stereocenters. The summed E-state index contributed by atoms with van der Waals surface area (Å²) in [6.45, 7) is 0.142. The fourth-order valence-corrected chi connectivity index (χ4v) is 2.09. The summed E-state index contributed by atoms with van der Waals surface area (Å²) in [6.07, 6.45) is 3.09. The minimum absolute atomic E-state index is 0.142. The van der Waals surface area contributed by atoms with Crippen molar-refractivity contribution in [1.82, 2.24) is 14.9 Å². The smallest absolute Gasteiger partial charge is 0.216 e. The number of hydrogen-bond donors (Lipinski definition) is 1. The Morgan fingerprint density at radius 2 is 2.00 bits per heavy atom. The van der Waals surface area contributed by atoms with E-state index in [2.05, 4.69) is 15.3 Å². The first-order chi connectivity index (χ1) is 11.2. The highest BCUT2D eigenvalue weighted by atomic mass is 32.1. The van der Waals surface area contributed by atoms with E-state index in [-0.39, 0.29) is 12.4 Å². The average molecular weight is 328 g/mol. The largest absolute Gasteiger partial charge is 0.488 e. The second-order valence-corrected chi connectivity index (χ2v) is 5.06. The maximum absolute atomic E-state index is 13.6. The SMILES string of the molecule is Fc1ccccc1COc1ccccc1/C=N\n1cn[nH]c1=S. The summed E-state index contributed by atoms with van der Waals surface area (Å²) in [7, 11) is 0. The Balaban J connectivity index is 1.78. The molecule has 116 valence electrons. The van der Waals surface area contributed by atoms with Crippen LogP contribution in [0.5, 0.6) is 5.75 Å². The van der Waals surface area contributed by atoms with E-state index in [0.717, 1.165) is 5.56 Å². The summed E-state index contributed by atoms with van der Waals surface area (Å²) in [4.78, 5) is 0. The van der Waals surface area contributed by atoms with E-state index >= 15 is 0 Å². The van der Waals surface area contributed by atoms with E-state index < -0.39 is 0 Å². The van der Waals surface area contributed by atoms with Crippen LogP contribution in [0.25, 0.3) is 0 Å². The minimum atomic E-state index is -0.289. The Kier molecular flexibility index (Phi) is 4.58. The lowest BCUT2D eigenvalue weighted by Crippen LogP contribution is -2.00. The Bertz CT molecular complexity index is 887. The van der Waals surface area contributed by atoms with Gasteiger partial charge in [0.2, 0.25) is 4.77 Å². The monoisotopic (exact) mass is 328 g/mol. The number of benzene rings is 2. The molecular weight excluding hydrogens is 315 g/mol. The molecule has 0 saturated heterocycles. The third kappa shape index (κ3) is 3.70. The van der Waals surface area contributed by atoms with E-state index in [1.165, 1.54) is 17.1 Å². The second kappa shape index (κ2) is 6.97. The first-order valence-electron chi connectivity index (χ1n) is 6.85. The molecule has 1 heterocycles. The zero-order valence-electron chi connectivity index (χ0n) is 12.0. The molecule has 5 nitrogen and oxygen atoms in total. The molecule has 0 saturated carbocycles. The van der Waals surface area contributed by atoms with Crippen LogP contribution in [-0.2, 0) is 6.61 Å². The normalized spacial score (nSPS) is 11.0.